The quantitative estimate of drug-likeness (QED) is 0.643. The number of ether oxygens (including phenoxy) is 1. The Morgan fingerprint density at radius 1 is 1.23 bits per heavy atom. The van der Waals surface area contributed by atoms with Gasteiger partial charge in [0.2, 0.25) is 5.91 Å². The first-order valence-electron chi connectivity index (χ1n) is 11.1. The van der Waals surface area contributed by atoms with Crippen LogP contribution in [0.3, 0.4) is 0 Å². The van der Waals surface area contributed by atoms with Gasteiger partial charge in [0.1, 0.15) is 5.75 Å². The molecule has 2 aromatic heterocycles. The number of fused-ring (bicyclic) bond motifs is 2. The number of nitrogens with zero attached hydrogens (tertiary/aromatic N) is 3. The van der Waals surface area contributed by atoms with Crippen LogP contribution in [0.15, 0.2) is 30.5 Å². The van der Waals surface area contributed by atoms with Crippen LogP contribution in [0.4, 0.5) is 10.8 Å². The summed E-state index contributed by atoms with van der Waals surface area (Å²) in [5.74, 6) is 1.68. The average molecular weight is 437 g/mol. The number of pyridine rings is 1. The predicted molar refractivity (Wildman–Crippen MR) is 125 cm³/mol. The number of amides is 1. The van der Waals surface area contributed by atoms with E-state index >= 15 is 0 Å². The van der Waals surface area contributed by atoms with E-state index in [1.54, 1.807) is 18.4 Å². The number of rotatable bonds is 4. The van der Waals surface area contributed by atoms with Crippen molar-refractivity contribution < 1.29 is 9.53 Å². The summed E-state index contributed by atoms with van der Waals surface area (Å²) in [5.41, 5.74) is 3.30. The van der Waals surface area contributed by atoms with Gasteiger partial charge in [0, 0.05) is 41.2 Å². The zero-order chi connectivity index (χ0) is 21.4. The molecule has 0 saturated carbocycles. The van der Waals surface area contributed by atoms with Crippen molar-refractivity contribution in [1.29, 1.82) is 0 Å². The minimum Gasteiger partial charge on any atom is -0.497 e. The van der Waals surface area contributed by atoms with Gasteiger partial charge in [0.15, 0.2) is 5.13 Å². The van der Waals surface area contributed by atoms with Crippen LogP contribution in [0.1, 0.15) is 36.8 Å². The summed E-state index contributed by atoms with van der Waals surface area (Å²) in [4.78, 5) is 25.8. The first-order valence-corrected chi connectivity index (χ1v) is 11.9. The van der Waals surface area contributed by atoms with Crippen LogP contribution in [-0.4, -0.2) is 36.1 Å². The van der Waals surface area contributed by atoms with Gasteiger partial charge in [-0.1, -0.05) is 6.92 Å². The summed E-state index contributed by atoms with van der Waals surface area (Å²) >= 11 is 1.66. The molecule has 3 heterocycles. The Kier molecular flexibility index (Phi) is 5.52. The number of benzene rings is 1. The number of anilines is 2. The van der Waals surface area contributed by atoms with Gasteiger partial charge in [0.25, 0.3) is 0 Å². The largest absolute Gasteiger partial charge is 0.497 e. The maximum Gasteiger partial charge on any atom is 0.229 e. The highest BCUT2D eigenvalue weighted by Crippen LogP contribution is 2.34. The van der Waals surface area contributed by atoms with Crippen molar-refractivity contribution in [3.05, 3.63) is 41.0 Å². The number of hydrogen-bond donors (Lipinski definition) is 1. The molecule has 6 nitrogen and oxygen atoms in total. The minimum atomic E-state index is 0.0266. The van der Waals surface area contributed by atoms with Gasteiger partial charge in [-0.3, -0.25) is 9.78 Å². The molecule has 0 bridgehead atoms. The zero-order valence-corrected chi connectivity index (χ0v) is 18.9. The van der Waals surface area contributed by atoms with Crippen LogP contribution in [0.2, 0.25) is 0 Å². The molecule has 5 rings (SSSR count). The number of piperidine rings is 1. The number of nitrogens with one attached hydrogen (secondary N) is 1. The van der Waals surface area contributed by atoms with Crippen molar-refractivity contribution in [3.63, 3.8) is 0 Å². The van der Waals surface area contributed by atoms with Crippen molar-refractivity contribution >= 4 is 39.0 Å². The molecule has 162 valence electrons. The molecule has 1 aliphatic heterocycles. The molecule has 1 unspecified atom stereocenters. The monoisotopic (exact) mass is 436 g/mol. The van der Waals surface area contributed by atoms with E-state index in [1.165, 1.54) is 17.0 Å². The molecular weight excluding hydrogens is 408 g/mol. The number of aromatic nitrogens is 2. The highest BCUT2D eigenvalue weighted by molar-refractivity contribution is 7.15. The Labute approximate surface area is 186 Å². The first-order chi connectivity index (χ1) is 15.1. The van der Waals surface area contributed by atoms with E-state index in [0.717, 1.165) is 66.2 Å². The Morgan fingerprint density at radius 2 is 2.06 bits per heavy atom. The fraction of sp³-hybridized carbons (Fsp3) is 0.458. The summed E-state index contributed by atoms with van der Waals surface area (Å²) in [6, 6.07) is 8.03. The van der Waals surface area contributed by atoms with E-state index in [4.69, 9.17) is 9.72 Å². The van der Waals surface area contributed by atoms with E-state index in [2.05, 4.69) is 28.2 Å². The molecule has 7 heteroatoms. The number of methoxy groups -OCH3 is 1. The van der Waals surface area contributed by atoms with Crippen molar-refractivity contribution in [1.82, 2.24) is 9.97 Å². The molecule has 1 fully saturated rings. The van der Waals surface area contributed by atoms with Gasteiger partial charge in [-0.25, -0.2) is 4.98 Å². The average Bonchev–Trinajstić information content (AvgIpc) is 3.19. The van der Waals surface area contributed by atoms with E-state index < -0.39 is 0 Å². The molecule has 1 atom stereocenters. The Morgan fingerprint density at radius 3 is 2.87 bits per heavy atom. The Balaban J connectivity index is 1.25. The topological polar surface area (TPSA) is 67.3 Å². The van der Waals surface area contributed by atoms with Gasteiger partial charge in [0.05, 0.1) is 18.3 Å². The van der Waals surface area contributed by atoms with E-state index in [-0.39, 0.29) is 11.8 Å². The van der Waals surface area contributed by atoms with Crippen LogP contribution < -0.4 is 15.0 Å². The lowest BCUT2D eigenvalue weighted by Gasteiger charge is -2.33. The first kappa shape index (κ1) is 20.2. The Hall–Kier alpha value is -2.67. The number of aryl methyl sites for hydroxylation is 1. The van der Waals surface area contributed by atoms with Crippen LogP contribution in [0.5, 0.6) is 5.75 Å². The maximum absolute atomic E-state index is 12.9. The van der Waals surface area contributed by atoms with Crippen LogP contribution in [0.25, 0.3) is 10.9 Å². The molecule has 1 amide bonds. The highest BCUT2D eigenvalue weighted by Gasteiger charge is 2.27. The lowest BCUT2D eigenvalue weighted by Crippen LogP contribution is -2.38. The van der Waals surface area contributed by atoms with Gasteiger partial charge < -0.3 is 15.0 Å². The van der Waals surface area contributed by atoms with Gasteiger partial charge in [-0.15, -0.1) is 11.3 Å². The number of carbonyl (C=O) groups is 1. The number of thiazole rings is 1. The SMILES string of the molecule is COc1ccc2nccc(N3CCC(C(=O)Nc4nc5c(s4)CC(C)CC5)CC3)c2c1. The summed E-state index contributed by atoms with van der Waals surface area (Å²) in [5, 5.41) is 4.97. The van der Waals surface area contributed by atoms with E-state index in [0.29, 0.717) is 5.92 Å². The summed E-state index contributed by atoms with van der Waals surface area (Å²) in [6.45, 7) is 3.98. The third-order valence-electron chi connectivity index (χ3n) is 6.55. The molecule has 1 N–H and O–H groups in total. The number of carbonyl (C=O) groups excluding carboxylic acids is 1. The number of hydrogen-bond acceptors (Lipinski definition) is 6. The smallest absolute Gasteiger partial charge is 0.229 e. The predicted octanol–water partition coefficient (Wildman–Crippen LogP) is 4.68. The summed E-state index contributed by atoms with van der Waals surface area (Å²) in [7, 11) is 1.68. The fourth-order valence-electron chi connectivity index (χ4n) is 4.70. The van der Waals surface area contributed by atoms with Crippen LogP contribution >= 0.6 is 11.3 Å². The molecule has 2 aliphatic rings. The van der Waals surface area contributed by atoms with E-state index in [1.807, 2.05) is 24.4 Å². The third-order valence-corrected chi connectivity index (χ3v) is 7.58. The molecule has 1 saturated heterocycles. The van der Waals surface area contributed by atoms with Crippen molar-refractivity contribution in [3.8, 4) is 5.75 Å². The van der Waals surface area contributed by atoms with Crippen LogP contribution in [0, 0.1) is 11.8 Å². The normalized spacial score (nSPS) is 19.3. The van der Waals surface area contributed by atoms with Gasteiger partial charge in [-0.2, -0.15) is 0 Å². The second-order valence-electron chi connectivity index (χ2n) is 8.70. The zero-order valence-electron chi connectivity index (χ0n) is 18.1. The minimum absolute atomic E-state index is 0.0266. The van der Waals surface area contributed by atoms with Crippen molar-refractivity contribution in [2.24, 2.45) is 11.8 Å². The second kappa shape index (κ2) is 8.46. The van der Waals surface area contributed by atoms with Gasteiger partial charge >= 0.3 is 0 Å². The molecular formula is C24H28N4O2S. The molecule has 3 aromatic rings. The summed E-state index contributed by atoms with van der Waals surface area (Å²) < 4.78 is 5.40. The van der Waals surface area contributed by atoms with Crippen molar-refractivity contribution in [2.75, 3.05) is 30.4 Å². The highest BCUT2D eigenvalue weighted by atomic mass is 32.1. The fourth-order valence-corrected chi connectivity index (χ4v) is 5.87. The molecule has 1 aromatic carbocycles. The van der Waals surface area contributed by atoms with E-state index in [9.17, 15) is 4.79 Å². The second-order valence-corrected chi connectivity index (χ2v) is 9.78. The Bertz CT molecular complexity index is 1100. The molecule has 1 aliphatic carbocycles. The lowest BCUT2D eigenvalue weighted by molar-refractivity contribution is -0.120. The third kappa shape index (κ3) is 4.11. The van der Waals surface area contributed by atoms with Crippen molar-refractivity contribution in [2.45, 2.75) is 39.0 Å². The van der Waals surface area contributed by atoms with Crippen LogP contribution in [-0.2, 0) is 17.6 Å². The maximum atomic E-state index is 12.9. The van der Waals surface area contributed by atoms with Gasteiger partial charge in [-0.05, 0) is 62.3 Å². The summed E-state index contributed by atoms with van der Waals surface area (Å²) in [6.07, 6.45) is 6.84. The lowest BCUT2D eigenvalue weighted by atomic mass is 9.93. The molecule has 0 spiro atoms. The molecule has 0 radical (unpaired) electrons. The molecule has 31 heavy (non-hydrogen) atoms. The standard InChI is InChI=1S/C24H28N4O2S/c1-15-3-5-20-22(13-15)31-24(26-20)27-23(29)16-8-11-28(12-9-16)21-7-10-25-19-6-4-17(30-2)14-18(19)21/h4,6-7,10,14-16H,3,5,8-9,11-13H2,1-2H3,(H,26,27,29).